The zero-order valence-electron chi connectivity index (χ0n) is 16.2. The Bertz CT molecular complexity index is 457. The fraction of sp³-hybridized carbons (Fsp3) is 0.600. The molecule has 0 aliphatic rings. The summed E-state index contributed by atoms with van der Waals surface area (Å²) in [5.74, 6) is 0.682. The Morgan fingerprint density at radius 2 is 1.61 bits per heavy atom. The molecule has 1 atom stereocenters. The minimum Gasteiger partial charge on any atom is -0.302 e. The van der Waals surface area contributed by atoms with Gasteiger partial charge in [0.2, 0.25) is 0 Å². The number of hydrogen-bond acceptors (Lipinski definition) is 1. The molecule has 1 unspecified atom stereocenters. The van der Waals surface area contributed by atoms with Gasteiger partial charge in [-0.2, -0.15) is 0 Å². The molecule has 1 nitrogen and oxygen atoms in total. The minimum absolute atomic E-state index is 0.682. The second kappa shape index (κ2) is 9.00. The third-order valence-electron chi connectivity index (χ3n) is 3.97. The Balaban J connectivity index is 2.67. The van der Waals surface area contributed by atoms with E-state index in [1.807, 2.05) is 0 Å². The zero-order chi connectivity index (χ0) is 17.5. The fourth-order valence-electron chi connectivity index (χ4n) is 3.16. The molecule has 3 heteroatoms. The summed E-state index contributed by atoms with van der Waals surface area (Å²) in [5, 5.41) is 0. The van der Waals surface area contributed by atoms with E-state index >= 15 is 0 Å². The largest absolute Gasteiger partial charge is 0.302 e. The summed E-state index contributed by atoms with van der Waals surface area (Å²) in [5.41, 5.74) is 1.44. The normalized spacial score (nSPS) is 14.0. The molecule has 0 fully saturated rings. The van der Waals surface area contributed by atoms with Crippen LogP contribution in [0, 0.1) is 5.92 Å². The van der Waals surface area contributed by atoms with Crippen LogP contribution in [0.2, 0.25) is 45.3 Å². The fourth-order valence-corrected chi connectivity index (χ4v) is 6.72. The van der Waals surface area contributed by atoms with Crippen LogP contribution in [0.25, 0.3) is 0 Å². The van der Waals surface area contributed by atoms with Crippen LogP contribution in [-0.4, -0.2) is 33.8 Å². The zero-order valence-corrected chi connectivity index (χ0v) is 18.2. The molecule has 1 aromatic carbocycles. The maximum absolute atomic E-state index is 4.09. The molecule has 0 heterocycles. The van der Waals surface area contributed by atoms with Crippen molar-refractivity contribution in [2.24, 2.45) is 5.92 Å². The highest BCUT2D eigenvalue weighted by Gasteiger charge is 2.22. The number of rotatable bonds is 10. The van der Waals surface area contributed by atoms with E-state index in [0.29, 0.717) is 5.92 Å². The SMILES string of the molecule is C=CC(CCN(Cc1ccccc1)C[Si](C)(C)C)C[Si](C)(C)C. The maximum Gasteiger partial charge on any atom is 0.0599 e. The predicted octanol–water partition coefficient (Wildman–Crippen LogP) is 5.90. The van der Waals surface area contributed by atoms with Crippen LogP contribution in [0.3, 0.4) is 0 Å². The standard InChI is InChI=1S/C20H37NSi2/c1-8-19(17-22(2,3)4)14-15-21(18-23(5,6)7)16-20-12-10-9-11-13-20/h8-13,19H,1,14-18H2,2-7H3. The lowest BCUT2D eigenvalue weighted by molar-refractivity contribution is 0.288. The average Bonchev–Trinajstić information content (AvgIpc) is 2.41. The molecule has 0 spiro atoms. The molecular weight excluding hydrogens is 310 g/mol. The Morgan fingerprint density at radius 3 is 2.09 bits per heavy atom. The van der Waals surface area contributed by atoms with Crippen LogP contribution in [0.1, 0.15) is 12.0 Å². The van der Waals surface area contributed by atoms with Crippen molar-refractivity contribution in [3.63, 3.8) is 0 Å². The Hall–Kier alpha value is -0.646. The van der Waals surface area contributed by atoms with Gasteiger partial charge in [0.05, 0.1) is 8.07 Å². The van der Waals surface area contributed by atoms with Gasteiger partial charge in [-0.1, -0.05) is 81.7 Å². The van der Waals surface area contributed by atoms with E-state index in [2.05, 4.69) is 87.2 Å². The highest BCUT2D eigenvalue weighted by atomic mass is 28.3. The molecule has 0 aromatic heterocycles. The van der Waals surface area contributed by atoms with Gasteiger partial charge in [-0.3, -0.25) is 0 Å². The predicted molar refractivity (Wildman–Crippen MR) is 112 cm³/mol. The van der Waals surface area contributed by atoms with Crippen LogP contribution < -0.4 is 0 Å². The summed E-state index contributed by atoms with van der Waals surface area (Å²) in [6.07, 6.45) is 4.73. The summed E-state index contributed by atoms with van der Waals surface area (Å²) in [6, 6.07) is 12.3. The second-order valence-electron chi connectivity index (χ2n) is 9.31. The number of nitrogens with zero attached hydrogens (tertiary/aromatic N) is 1. The summed E-state index contributed by atoms with van der Waals surface area (Å²) >= 11 is 0. The van der Waals surface area contributed by atoms with Gasteiger partial charge in [-0.25, -0.2) is 0 Å². The van der Waals surface area contributed by atoms with Gasteiger partial charge in [0.1, 0.15) is 0 Å². The van der Waals surface area contributed by atoms with Crippen molar-refractivity contribution in [1.82, 2.24) is 4.90 Å². The summed E-state index contributed by atoms with van der Waals surface area (Å²) in [4.78, 5) is 2.68. The topological polar surface area (TPSA) is 3.24 Å². The molecule has 1 aromatic rings. The van der Waals surface area contributed by atoms with Gasteiger partial charge < -0.3 is 4.90 Å². The maximum atomic E-state index is 4.09. The first-order valence-corrected chi connectivity index (χ1v) is 16.4. The van der Waals surface area contributed by atoms with Crippen LogP contribution >= 0.6 is 0 Å². The Morgan fingerprint density at radius 1 is 1.00 bits per heavy atom. The van der Waals surface area contributed by atoms with E-state index in [9.17, 15) is 0 Å². The molecule has 0 aliphatic carbocycles. The molecule has 23 heavy (non-hydrogen) atoms. The lowest BCUT2D eigenvalue weighted by Crippen LogP contribution is -2.41. The molecule has 0 aliphatic heterocycles. The average molecular weight is 348 g/mol. The first kappa shape index (κ1) is 20.4. The lowest BCUT2D eigenvalue weighted by Gasteiger charge is -2.31. The summed E-state index contributed by atoms with van der Waals surface area (Å²) in [6.45, 7) is 21.2. The Labute approximate surface area is 146 Å². The summed E-state index contributed by atoms with van der Waals surface area (Å²) in [7, 11) is -2.11. The molecule has 0 N–H and O–H groups in total. The third-order valence-corrected chi connectivity index (χ3v) is 7.12. The van der Waals surface area contributed by atoms with Crippen molar-refractivity contribution in [1.29, 1.82) is 0 Å². The van der Waals surface area contributed by atoms with E-state index in [4.69, 9.17) is 0 Å². The number of benzene rings is 1. The van der Waals surface area contributed by atoms with Crippen molar-refractivity contribution in [2.75, 3.05) is 12.7 Å². The third kappa shape index (κ3) is 9.95. The van der Waals surface area contributed by atoms with Crippen LogP contribution in [0.15, 0.2) is 43.0 Å². The molecule has 1 rings (SSSR count). The Kier molecular flexibility index (Phi) is 7.98. The molecular formula is C20H37NSi2. The highest BCUT2D eigenvalue weighted by molar-refractivity contribution is 6.76. The van der Waals surface area contributed by atoms with Gasteiger partial charge in [0.25, 0.3) is 0 Å². The molecule has 0 saturated heterocycles. The molecule has 130 valence electrons. The van der Waals surface area contributed by atoms with Gasteiger partial charge in [-0.15, -0.1) is 6.58 Å². The van der Waals surface area contributed by atoms with E-state index in [-0.39, 0.29) is 0 Å². The molecule has 0 radical (unpaired) electrons. The van der Waals surface area contributed by atoms with E-state index in [1.165, 1.54) is 30.7 Å². The van der Waals surface area contributed by atoms with Gasteiger partial charge in [-0.05, 0) is 30.6 Å². The first-order chi connectivity index (χ1) is 10.6. The van der Waals surface area contributed by atoms with Crippen molar-refractivity contribution in [3.05, 3.63) is 48.6 Å². The second-order valence-corrected chi connectivity index (χ2v) is 20.3. The smallest absolute Gasteiger partial charge is 0.0599 e. The van der Waals surface area contributed by atoms with Crippen molar-refractivity contribution < 1.29 is 0 Å². The van der Waals surface area contributed by atoms with E-state index < -0.39 is 16.1 Å². The molecule has 0 amide bonds. The van der Waals surface area contributed by atoms with Crippen molar-refractivity contribution in [2.45, 2.75) is 58.3 Å². The molecule has 0 saturated carbocycles. The minimum atomic E-state index is -1.09. The van der Waals surface area contributed by atoms with Crippen LogP contribution in [0.5, 0.6) is 0 Å². The van der Waals surface area contributed by atoms with Gasteiger partial charge in [0.15, 0.2) is 0 Å². The lowest BCUT2D eigenvalue weighted by atomic mass is 10.1. The monoisotopic (exact) mass is 347 g/mol. The first-order valence-electron chi connectivity index (χ1n) is 8.98. The highest BCUT2D eigenvalue weighted by Crippen LogP contribution is 2.22. The quantitative estimate of drug-likeness (QED) is 0.376. The molecule has 0 bridgehead atoms. The van der Waals surface area contributed by atoms with E-state index in [1.54, 1.807) is 0 Å². The number of hydrogen-bond donors (Lipinski definition) is 0. The van der Waals surface area contributed by atoms with E-state index in [0.717, 1.165) is 6.54 Å². The van der Waals surface area contributed by atoms with Crippen molar-refractivity contribution in [3.8, 4) is 0 Å². The van der Waals surface area contributed by atoms with Crippen LogP contribution in [-0.2, 0) is 6.54 Å². The van der Waals surface area contributed by atoms with Crippen molar-refractivity contribution >= 4 is 16.1 Å². The number of allylic oxidation sites excluding steroid dienone is 1. The van der Waals surface area contributed by atoms with Crippen LogP contribution in [0.4, 0.5) is 0 Å². The van der Waals surface area contributed by atoms with Gasteiger partial charge >= 0.3 is 0 Å². The van der Waals surface area contributed by atoms with Gasteiger partial charge in [0, 0.05) is 14.6 Å². The summed E-state index contributed by atoms with van der Waals surface area (Å²) < 4.78 is 0.